The van der Waals surface area contributed by atoms with Gasteiger partial charge in [0.25, 0.3) is 5.91 Å². The Hall–Kier alpha value is -2.98. The third kappa shape index (κ3) is 4.52. The first-order valence-electron chi connectivity index (χ1n) is 7.70. The monoisotopic (exact) mass is 353 g/mol. The second-order valence-electron chi connectivity index (χ2n) is 5.41. The number of carbonyl (C=O) groups is 1. The van der Waals surface area contributed by atoms with Gasteiger partial charge in [0.2, 0.25) is 0 Å². The minimum atomic E-state index is -0.394. The van der Waals surface area contributed by atoms with Crippen LogP contribution in [0.5, 0.6) is 17.2 Å². The van der Waals surface area contributed by atoms with Crippen molar-refractivity contribution >= 4 is 17.5 Å². The number of benzene rings is 3. The molecule has 4 nitrogen and oxygen atoms in total. The highest BCUT2D eigenvalue weighted by atomic mass is 35.5. The van der Waals surface area contributed by atoms with E-state index >= 15 is 0 Å². The molecular weight excluding hydrogens is 338 g/mol. The number of aromatic hydroxyl groups is 1. The number of hydrogen-bond donors (Lipinski definition) is 2. The van der Waals surface area contributed by atoms with Crippen LogP contribution >= 0.6 is 11.6 Å². The predicted octanol–water partition coefficient (Wildman–Crippen LogP) is 4.77. The van der Waals surface area contributed by atoms with Gasteiger partial charge in [-0.2, -0.15) is 0 Å². The molecule has 0 atom stereocenters. The molecule has 0 bridgehead atoms. The third-order valence-electron chi connectivity index (χ3n) is 3.53. The zero-order chi connectivity index (χ0) is 17.6. The summed E-state index contributed by atoms with van der Waals surface area (Å²) in [5.41, 5.74) is 1.02. The highest BCUT2D eigenvalue weighted by Gasteiger charge is 2.11. The van der Waals surface area contributed by atoms with Crippen LogP contribution in [0.3, 0.4) is 0 Å². The van der Waals surface area contributed by atoms with Crippen molar-refractivity contribution in [1.29, 1.82) is 0 Å². The van der Waals surface area contributed by atoms with Crippen LogP contribution in [0.15, 0.2) is 72.8 Å². The summed E-state index contributed by atoms with van der Waals surface area (Å²) < 4.78 is 5.78. The molecule has 25 heavy (non-hydrogen) atoms. The number of rotatable bonds is 5. The molecule has 0 fully saturated rings. The zero-order valence-electron chi connectivity index (χ0n) is 13.3. The van der Waals surface area contributed by atoms with Gasteiger partial charge in [-0.05, 0) is 48.0 Å². The number of carbonyl (C=O) groups excluding carboxylic acids is 1. The molecule has 0 aliphatic carbocycles. The van der Waals surface area contributed by atoms with E-state index in [0.717, 1.165) is 11.3 Å². The molecule has 0 heterocycles. The minimum absolute atomic E-state index is 0.108. The molecule has 3 rings (SSSR count). The highest BCUT2D eigenvalue weighted by molar-refractivity contribution is 6.31. The number of para-hydroxylation sites is 1. The Bertz CT molecular complexity index is 881. The Morgan fingerprint density at radius 2 is 1.72 bits per heavy atom. The fraction of sp³-hybridized carbons (Fsp3) is 0.0500. The first-order valence-corrected chi connectivity index (χ1v) is 8.08. The molecular formula is C20H16ClNO3. The van der Waals surface area contributed by atoms with Crippen LogP contribution in [0.1, 0.15) is 15.9 Å². The smallest absolute Gasteiger partial charge is 0.255 e. The molecule has 0 saturated carbocycles. The summed E-state index contributed by atoms with van der Waals surface area (Å²) in [5, 5.41) is 12.9. The van der Waals surface area contributed by atoms with E-state index in [1.165, 1.54) is 18.2 Å². The molecule has 0 aliphatic heterocycles. The largest absolute Gasteiger partial charge is 0.507 e. The summed E-state index contributed by atoms with van der Waals surface area (Å²) in [6.45, 7) is 0.302. The number of phenols is 1. The summed E-state index contributed by atoms with van der Waals surface area (Å²) in [5.74, 6) is 0.925. The van der Waals surface area contributed by atoms with Crippen molar-refractivity contribution in [2.45, 2.75) is 6.54 Å². The van der Waals surface area contributed by atoms with E-state index in [1.807, 2.05) is 54.6 Å². The number of nitrogens with one attached hydrogen (secondary N) is 1. The fourth-order valence-electron chi connectivity index (χ4n) is 2.31. The summed E-state index contributed by atoms with van der Waals surface area (Å²) >= 11 is 5.87. The normalized spacial score (nSPS) is 10.3. The fourth-order valence-corrected chi connectivity index (χ4v) is 2.48. The first-order chi connectivity index (χ1) is 12.1. The molecule has 0 aliphatic rings. The van der Waals surface area contributed by atoms with Crippen molar-refractivity contribution in [2.24, 2.45) is 0 Å². The Morgan fingerprint density at radius 3 is 2.52 bits per heavy atom. The molecule has 1 amide bonds. The average molecular weight is 354 g/mol. The van der Waals surface area contributed by atoms with Gasteiger partial charge in [0, 0.05) is 11.6 Å². The highest BCUT2D eigenvalue weighted by Crippen LogP contribution is 2.23. The first kappa shape index (κ1) is 16.9. The summed E-state index contributed by atoms with van der Waals surface area (Å²) in [4.78, 5) is 12.2. The maximum Gasteiger partial charge on any atom is 0.255 e. The summed E-state index contributed by atoms with van der Waals surface area (Å²) in [6, 6.07) is 21.3. The lowest BCUT2D eigenvalue weighted by molar-refractivity contribution is 0.0948. The van der Waals surface area contributed by atoms with E-state index < -0.39 is 5.91 Å². The number of amides is 1. The van der Waals surface area contributed by atoms with Gasteiger partial charge in [0.1, 0.15) is 17.2 Å². The maximum absolute atomic E-state index is 12.2. The number of ether oxygens (including phenoxy) is 1. The van der Waals surface area contributed by atoms with Crippen molar-refractivity contribution in [1.82, 2.24) is 5.32 Å². The number of phenolic OH excluding ortho intramolecular Hbond substituents is 1. The third-order valence-corrected chi connectivity index (χ3v) is 3.77. The van der Waals surface area contributed by atoms with E-state index in [9.17, 15) is 9.90 Å². The molecule has 3 aromatic rings. The molecule has 0 aromatic heterocycles. The van der Waals surface area contributed by atoms with E-state index in [4.69, 9.17) is 16.3 Å². The van der Waals surface area contributed by atoms with Crippen molar-refractivity contribution < 1.29 is 14.6 Å². The van der Waals surface area contributed by atoms with E-state index in [1.54, 1.807) is 0 Å². The van der Waals surface area contributed by atoms with Gasteiger partial charge in [-0.1, -0.05) is 41.9 Å². The molecule has 3 aromatic carbocycles. The van der Waals surface area contributed by atoms with E-state index in [2.05, 4.69) is 5.32 Å². The summed E-state index contributed by atoms with van der Waals surface area (Å²) in [7, 11) is 0. The molecule has 2 N–H and O–H groups in total. The van der Waals surface area contributed by atoms with Gasteiger partial charge in [-0.15, -0.1) is 0 Å². The molecule has 0 unspecified atom stereocenters. The Kier molecular flexibility index (Phi) is 5.21. The average Bonchev–Trinajstić information content (AvgIpc) is 2.63. The molecule has 5 heteroatoms. The van der Waals surface area contributed by atoms with Crippen LogP contribution in [0, 0.1) is 0 Å². The SMILES string of the molecule is O=C(NCc1cccc(Oc2ccccc2)c1)c1cc(Cl)ccc1O. The summed E-state index contributed by atoms with van der Waals surface area (Å²) in [6.07, 6.45) is 0. The van der Waals surface area contributed by atoms with Crippen LogP contribution in [0.2, 0.25) is 5.02 Å². The Morgan fingerprint density at radius 1 is 0.960 bits per heavy atom. The van der Waals surface area contributed by atoms with Crippen LogP contribution in [-0.4, -0.2) is 11.0 Å². The van der Waals surface area contributed by atoms with Crippen LogP contribution in [0.4, 0.5) is 0 Å². The van der Waals surface area contributed by atoms with Gasteiger partial charge in [0.05, 0.1) is 5.56 Å². The predicted molar refractivity (Wildman–Crippen MR) is 97.2 cm³/mol. The molecule has 126 valence electrons. The van der Waals surface area contributed by atoms with Gasteiger partial charge >= 0.3 is 0 Å². The number of hydrogen-bond acceptors (Lipinski definition) is 3. The van der Waals surface area contributed by atoms with Gasteiger partial charge in [-0.3, -0.25) is 4.79 Å². The van der Waals surface area contributed by atoms with Crippen LogP contribution < -0.4 is 10.1 Å². The standard InChI is InChI=1S/C20H16ClNO3/c21-15-9-10-19(23)18(12-15)20(24)22-13-14-5-4-8-17(11-14)25-16-6-2-1-3-7-16/h1-12,23H,13H2,(H,22,24). The van der Waals surface area contributed by atoms with Crippen molar-refractivity contribution in [3.05, 3.63) is 88.9 Å². The van der Waals surface area contributed by atoms with Gasteiger partial charge in [0.15, 0.2) is 0 Å². The van der Waals surface area contributed by atoms with Gasteiger partial charge in [-0.25, -0.2) is 0 Å². The Balaban J connectivity index is 1.66. The van der Waals surface area contributed by atoms with E-state index in [-0.39, 0.29) is 11.3 Å². The van der Waals surface area contributed by atoms with Crippen LogP contribution in [0.25, 0.3) is 0 Å². The van der Waals surface area contributed by atoms with E-state index in [0.29, 0.717) is 17.3 Å². The molecule has 0 spiro atoms. The maximum atomic E-state index is 12.2. The lowest BCUT2D eigenvalue weighted by atomic mass is 10.1. The Labute approximate surface area is 150 Å². The lowest BCUT2D eigenvalue weighted by Gasteiger charge is -2.09. The second-order valence-corrected chi connectivity index (χ2v) is 5.84. The second kappa shape index (κ2) is 7.73. The van der Waals surface area contributed by atoms with Gasteiger partial charge < -0.3 is 15.2 Å². The topological polar surface area (TPSA) is 58.6 Å². The van der Waals surface area contributed by atoms with Crippen molar-refractivity contribution in [3.8, 4) is 17.2 Å². The molecule has 0 saturated heterocycles. The zero-order valence-corrected chi connectivity index (χ0v) is 14.0. The van der Waals surface area contributed by atoms with Crippen LogP contribution in [-0.2, 0) is 6.54 Å². The lowest BCUT2D eigenvalue weighted by Crippen LogP contribution is -2.22. The van der Waals surface area contributed by atoms with Crippen molar-refractivity contribution in [3.63, 3.8) is 0 Å². The van der Waals surface area contributed by atoms with Crippen molar-refractivity contribution in [2.75, 3.05) is 0 Å². The quantitative estimate of drug-likeness (QED) is 0.694. The number of halogens is 1. The molecule has 0 radical (unpaired) electrons. The minimum Gasteiger partial charge on any atom is -0.507 e.